The number of anilines is 1. The first kappa shape index (κ1) is 24.6. The molecular weight excluding hydrogens is 489 g/mol. The molecule has 1 aliphatic rings. The molecule has 5 nitrogen and oxygen atoms in total. The van der Waals surface area contributed by atoms with Crippen molar-refractivity contribution in [1.29, 1.82) is 0 Å². The Morgan fingerprint density at radius 2 is 1.76 bits per heavy atom. The summed E-state index contributed by atoms with van der Waals surface area (Å²) in [6, 6.07) is 11.0. The maximum Gasteiger partial charge on any atom is 0.417 e. The van der Waals surface area contributed by atoms with Crippen molar-refractivity contribution in [2.75, 3.05) is 18.0 Å². The Morgan fingerprint density at radius 3 is 2.46 bits per heavy atom. The number of benzene rings is 3. The maximum atomic E-state index is 14.7. The van der Waals surface area contributed by atoms with Crippen LogP contribution in [0.3, 0.4) is 0 Å². The number of nitrogens with two attached hydrogens (primary N) is 1. The molecule has 1 aliphatic heterocycles. The lowest BCUT2D eigenvalue weighted by Crippen LogP contribution is -2.43. The van der Waals surface area contributed by atoms with Gasteiger partial charge in [-0.05, 0) is 48.7 Å². The first-order valence-corrected chi connectivity index (χ1v) is 11.5. The van der Waals surface area contributed by atoms with Crippen LogP contribution in [0.5, 0.6) is 0 Å². The predicted octanol–water partition coefficient (Wildman–Crippen LogP) is 6.74. The molecule has 0 bridgehead atoms. The van der Waals surface area contributed by atoms with Crippen molar-refractivity contribution in [3.8, 4) is 22.4 Å². The highest BCUT2D eigenvalue weighted by Gasteiger charge is 2.35. The second-order valence-electron chi connectivity index (χ2n) is 8.89. The first-order chi connectivity index (χ1) is 17.7. The van der Waals surface area contributed by atoms with E-state index in [1.165, 1.54) is 30.3 Å². The van der Waals surface area contributed by atoms with Crippen molar-refractivity contribution in [2.45, 2.75) is 25.1 Å². The van der Waals surface area contributed by atoms with Gasteiger partial charge in [-0.1, -0.05) is 24.3 Å². The molecule has 1 fully saturated rings. The molecule has 1 atom stereocenters. The van der Waals surface area contributed by atoms with Crippen molar-refractivity contribution in [1.82, 2.24) is 9.97 Å². The Kier molecular flexibility index (Phi) is 6.25. The van der Waals surface area contributed by atoms with E-state index in [0.717, 1.165) is 37.1 Å². The number of halogens is 5. The summed E-state index contributed by atoms with van der Waals surface area (Å²) in [6.07, 6.45) is -3.09. The summed E-state index contributed by atoms with van der Waals surface area (Å²) in [5.41, 5.74) is 5.17. The molecule has 1 aromatic heterocycles. The summed E-state index contributed by atoms with van der Waals surface area (Å²) in [5.74, 6) is -1.43. The van der Waals surface area contributed by atoms with E-state index in [-0.39, 0.29) is 23.0 Å². The van der Waals surface area contributed by atoms with Crippen molar-refractivity contribution in [2.24, 2.45) is 5.73 Å². The monoisotopic (exact) mass is 509 g/mol. The van der Waals surface area contributed by atoms with Gasteiger partial charge in [0.05, 0.1) is 23.3 Å². The van der Waals surface area contributed by atoms with Gasteiger partial charge in [-0.25, -0.2) is 23.6 Å². The molecule has 0 amide bonds. The lowest BCUT2D eigenvalue weighted by Gasteiger charge is -2.31. The number of piperidine rings is 1. The third-order valence-electron chi connectivity index (χ3n) is 6.37. The molecule has 0 saturated carbocycles. The van der Waals surface area contributed by atoms with E-state index in [1.807, 2.05) is 4.90 Å². The van der Waals surface area contributed by atoms with E-state index in [1.54, 1.807) is 0 Å². The van der Waals surface area contributed by atoms with Crippen LogP contribution in [-0.2, 0) is 6.18 Å². The van der Waals surface area contributed by atoms with Crippen LogP contribution < -0.4 is 10.6 Å². The zero-order chi connectivity index (χ0) is 26.3. The van der Waals surface area contributed by atoms with Gasteiger partial charge in [-0.15, -0.1) is 0 Å². The molecule has 0 radical (unpaired) electrons. The van der Waals surface area contributed by atoms with Crippen molar-refractivity contribution < 1.29 is 22.0 Å². The first-order valence-electron chi connectivity index (χ1n) is 11.5. The number of alkyl halides is 3. The Morgan fingerprint density at radius 1 is 0.973 bits per heavy atom. The highest BCUT2D eigenvalue weighted by Crippen LogP contribution is 2.40. The summed E-state index contributed by atoms with van der Waals surface area (Å²) >= 11 is 0. The summed E-state index contributed by atoms with van der Waals surface area (Å²) in [5, 5.41) is 0.314. The fourth-order valence-electron chi connectivity index (χ4n) is 4.62. The van der Waals surface area contributed by atoms with Gasteiger partial charge in [0.25, 0.3) is 0 Å². The fraction of sp³-hybridized carbons (Fsp3) is 0.222. The van der Waals surface area contributed by atoms with Gasteiger partial charge in [-0.3, -0.25) is 0 Å². The van der Waals surface area contributed by atoms with Crippen LogP contribution in [0.15, 0.2) is 54.6 Å². The van der Waals surface area contributed by atoms with E-state index in [2.05, 4.69) is 14.8 Å². The Bertz CT molecular complexity index is 1540. The third kappa shape index (κ3) is 4.70. The van der Waals surface area contributed by atoms with Crippen LogP contribution in [0.1, 0.15) is 18.4 Å². The lowest BCUT2D eigenvalue weighted by atomic mass is 9.96. The average molecular weight is 509 g/mol. The zero-order valence-electron chi connectivity index (χ0n) is 19.4. The molecule has 5 rings (SSSR count). The van der Waals surface area contributed by atoms with E-state index >= 15 is 0 Å². The van der Waals surface area contributed by atoms with E-state index in [4.69, 9.17) is 12.3 Å². The van der Waals surface area contributed by atoms with Gasteiger partial charge >= 0.3 is 6.18 Å². The highest BCUT2D eigenvalue weighted by atomic mass is 19.4. The Balaban J connectivity index is 1.75. The van der Waals surface area contributed by atoms with Crippen molar-refractivity contribution in [3.05, 3.63) is 83.2 Å². The summed E-state index contributed by atoms with van der Waals surface area (Å²) in [4.78, 5) is 14.3. The Labute approximate surface area is 209 Å². The van der Waals surface area contributed by atoms with Crippen LogP contribution in [0.4, 0.5) is 33.6 Å². The number of fused-ring (bicyclic) bond motifs is 1. The maximum absolute atomic E-state index is 14.7. The lowest BCUT2D eigenvalue weighted by molar-refractivity contribution is -0.137. The quantitative estimate of drug-likeness (QED) is 0.246. The van der Waals surface area contributed by atoms with E-state index < -0.39 is 28.9 Å². The van der Waals surface area contributed by atoms with Gasteiger partial charge in [0.1, 0.15) is 11.6 Å². The van der Waals surface area contributed by atoms with Gasteiger partial charge in [0.15, 0.2) is 0 Å². The number of rotatable bonds is 3. The minimum Gasteiger partial charge on any atom is -0.339 e. The topological polar surface area (TPSA) is 59.4 Å². The predicted molar refractivity (Wildman–Crippen MR) is 131 cm³/mol. The minimum absolute atomic E-state index is 0.0197. The fourth-order valence-corrected chi connectivity index (χ4v) is 4.62. The van der Waals surface area contributed by atoms with Gasteiger partial charge in [0, 0.05) is 35.6 Å². The molecular formula is C27H20F5N5. The second-order valence-corrected chi connectivity index (χ2v) is 8.89. The molecule has 2 heterocycles. The Hall–Kier alpha value is -4.10. The van der Waals surface area contributed by atoms with Crippen LogP contribution in [0.25, 0.3) is 38.1 Å². The molecule has 2 N–H and O–H groups in total. The smallest absolute Gasteiger partial charge is 0.339 e. The second kappa shape index (κ2) is 9.41. The van der Waals surface area contributed by atoms with E-state index in [9.17, 15) is 22.0 Å². The normalized spacial score (nSPS) is 16.1. The SMILES string of the molecule is [C-]#[N+]c1ccc(-c2nc(N3CCC[C@H](N)C3)nc3ccc(-c4c(F)cccc4C(F)(F)F)cc23)cc1F. The van der Waals surface area contributed by atoms with Crippen molar-refractivity contribution in [3.63, 3.8) is 0 Å². The van der Waals surface area contributed by atoms with Crippen LogP contribution in [0.2, 0.25) is 0 Å². The molecule has 10 heteroatoms. The van der Waals surface area contributed by atoms with Gasteiger partial charge in [-0.2, -0.15) is 13.2 Å². The molecule has 0 unspecified atom stereocenters. The van der Waals surface area contributed by atoms with Crippen LogP contribution in [-0.4, -0.2) is 29.1 Å². The van der Waals surface area contributed by atoms with Crippen molar-refractivity contribution >= 4 is 22.5 Å². The van der Waals surface area contributed by atoms with Gasteiger partial charge < -0.3 is 10.6 Å². The number of hydrogen-bond donors (Lipinski definition) is 1. The average Bonchev–Trinajstić information content (AvgIpc) is 2.87. The summed E-state index contributed by atoms with van der Waals surface area (Å²) in [6.45, 7) is 8.28. The minimum atomic E-state index is -4.78. The van der Waals surface area contributed by atoms with Gasteiger partial charge in [0.2, 0.25) is 11.6 Å². The number of hydrogen-bond acceptors (Lipinski definition) is 4. The largest absolute Gasteiger partial charge is 0.417 e. The number of aromatic nitrogens is 2. The summed E-state index contributed by atoms with van der Waals surface area (Å²) in [7, 11) is 0. The van der Waals surface area contributed by atoms with Crippen LogP contribution >= 0.6 is 0 Å². The highest BCUT2D eigenvalue weighted by molar-refractivity contribution is 5.96. The third-order valence-corrected chi connectivity index (χ3v) is 6.37. The molecule has 1 saturated heterocycles. The molecule has 188 valence electrons. The molecule has 3 aromatic carbocycles. The molecule has 4 aromatic rings. The number of nitrogens with zero attached hydrogens (tertiary/aromatic N) is 4. The standard InChI is InChI=1S/C27H20F5N5/c1-34-23-10-8-16(13-21(23)29)25-18-12-15(24-19(27(30,31)32)5-2-6-20(24)28)7-9-22(18)35-26(36-25)37-11-3-4-17(33)14-37/h2,5-10,12-13,17H,3-4,11,14,33H2/t17-/m0/s1. The molecule has 0 spiro atoms. The van der Waals surface area contributed by atoms with E-state index in [0.29, 0.717) is 35.5 Å². The summed E-state index contributed by atoms with van der Waals surface area (Å²) < 4.78 is 70.4. The molecule has 37 heavy (non-hydrogen) atoms. The zero-order valence-corrected chi connectivity index (χ0v) is 19.4. The van der Waals surface area contributed by atoms with Crippen LogP contribution in [0, 0.1) is 18.2 Å². The molecule has 0 aliphatic carbocycles.